The van der Waals surface area contributed by atoms with Gasteiger partial charge in [0.2, 0.25) is 11.8 Å². The molecule has 8 nitrogen and oxygen atoms in total. The number of hydrogen-bond acceptors (Lipinski definition) is 6. The molecule has 26 heavy (non-hydrogen) atoms. The lowest BCUT2D eigenvalue weighted by molar-refractivity contribution is -0.124. The number of likely N-dealkylation sites (tertiary alicyclic amines) is 1. The van der Waals surface area contributed by atoms with E-state index in [0.717, 1.165) is 5.56 Å². The molecule has 0 atom stereocenters. The van der Waals surface area contributed by atoms with Crippen LogP contribution in [0.3, 0.4) is 0 Å². The van der Waals surface area contributed by atoms with Crippen molar-refractivity contribution < 1.29 is 14.1 Å². The Hall–Kier alpha value is -2.74. The number of nitrogens with two attached hydrogens (primary N) is 1. The van der Waals surface area contributed by atoms with Gasteiger partial charge in [-0.1, -0.05) is 23.4 Å². The van der Waals surface area contributed by atoms with E-state index in [1.807, 2.05) is 35.2 Å². The van der Waals surface area contributed by atoms with Gasteiger partial charge in [0.05, 0.1) is 6.54 Å². The molecule has 8 heteroatoms. The summed E-state index contributed by atoms with van der Waals surface area (Å²) in [5.41, 5.74) is 6.19. The van der Waals surface area contributed by atoms with Crippen LogP contribution in [0.5, 0.6) is 0 Å². The topological polar surface area (TPSA) is 114 Å². The van der Waals surface area contributed by atoms with E-state index >= 15 is 0 Å². The van der Waals surface area contributed by atoms with E-state index in [-0.39, 0.29) is 17.7 Å². The van der Waals surface area contributed by atoms with Crippen molar-refractivity contribution in [2.45, 2.75) is 19.3 Å². The van der Waals surface area contributed by atoms with Crippen molar-refractivity contribution in [1.82, 2.24) is 20.4 Å². The van der Waals surface area contributed by atoms with Crippen LogP contribution in [-0.4, -0.2) is 53.0 Å². The first-order valence-corrected chi connectivity index (χ1v) is 8.78. The molecule has 1 aromatic carbocycles. The molecule has 0 saturated carbocycles. The minimum atomic E-state index is -0.246. The molecule has 0 radical (unpaired) electrons. The Morgan fingerprint density at radius 2 is 1.96 bits per heavy atom. The fraction of sp³-hybridized carbons (Fsp3) is 0.444. The van der Waals surface area contributed by atoms with Gasteiger partial charge in [0.1, 0.15) is 0 Å². The van der Waals surface area contributed by atoms with E-state index in [9.17, 15) is 9.59 Å². The fourth-order valence-corrected chi connectivity index (χ4v) is 3.00. The maximum Gasteiger partial charge on any atom is 0.257 e. The Balaban J connectivity index is 1.38. The number of carbonyl (C=O) groups is 2. The van der Waals surface area contributed by atoms with Crippen LogP contribution >= 0.6 is 0 Å². The number of amides is 2. The summed E-state index contributed by atoms with van der Waals surface area (Å²) in [5, 5.41) is 6.81. The summed E-state index contributed by atoms with van der Waals surface area (Å²) in [6.07, 6.45) is 1.94. The van der Waals surface area contributed by atoms with E-state index in [2.05, 4.69) is 15.5 Å². The third-order valence-corrected chi connectivity index (χ3v) is 4.52. The molecular formula is C18H23N5O3. The van der Waals surface area contributed by atoms with Crippen LogP contribution in [0.2, 0.25) is 0 Å². The maximum absolute atomic E-state index is 12.0. The second-order valence-corrected chi connectivity index (χ2v) is 6.43. The number of aromatic nitrogens is 2. The summed E-state index contributed by atoms with van der Waals surface area (Å²) in [5.74, 6) is 0.681. The third kappa shape index (κ3) is 4.89. The third-order valence-electron chi connectivity index (χ3n) is 4.52. The van der Waals surface area contributed by atoms with Gasteiger partial charge in [-0.2, -0.15) is 4.98 Å². The van der Waals surface area contributed by atoms with E-state index in [4.69, 9.17) is 10.3 Å². The highest BCUT2D eigenvalue weighted by molar-refractivity contribution is 5.78. The minimum Gasteiger partial charge on any atom is -0.369 e. The summed E-state index contributed by atoms with van der Waals surface area (Å²) in [4.78, 5) is 29.6. The van der Waals surface area contributed by atoms with Crippen LogP contribution in [0.4, 0.5) is 0 Å². The quantitative estimate of drug-likeness (QED) is 0.750. The van der Waals surface area contributed by atoms with Gasteiger partial charge >= 0.3 is 0 Å². The first kappa shape index (κ1) is 18.1. The number of rotatable bonds is 7. The summed E-state index contributed by atoms with van der Waals surface area (Å²) in [7, 11) is 0. The van der Waals surface area contributed by atoms with Gasteiger partial charge in [-0.25, -0.2) is 0 Å². The lowest BCUT2D eigenvalue weighted by Gasteiger charge is -2.29. The van der Waals surface area contributed by atoms with Gasteiger partial charge < -0.3 is 15.6 Å². The second kappa shape index (κ2) is 8.57. The van der Waals surface area contributed by atoms with Gasteiger partial charge in [0.25, 0.3) is 5.89 Å². The monoisotopic (exact) mass is 357 g/mol. The number of carbonyl (C=O) groups excluding carboxylic acids is 2. The zero-order valence-corrected chi connectivity index (χ0v) is 14.6. The fourth-order valence-electron chi connectivity index (χ4n) is 3.00. The molecule has 1 aliphatic heterocycles. The average Bonchev–Trinajstić information content (AvgIpc) is 3.12. The lowest BCUT2D eigenvalue weighted by Crippen LogP contribution is -2.43. The molecule has 0 bridgehead atoms. The molecule has 3 rings (SSSR count). The van der Waals surface area contributed by atoms with Crippen LogP contribution in [0.1, 0.15) is 18.7 Å². The molecule has 1 fully saturated rings. The van der Waals surface area contributed by atoms with Crippen molar-refractivity contribution in [1.29, 1.82) is 0 Å². The van der Waals surface area contributed by atoms with Crippen LogP contribution in [-0.2, 0) is 16.0 Å². The highest BCUT2D eigenvalue weighted by Gasteiger charge is 2.24. The Kier molecular flexibility index (Phi) is 5.96. The standard InChI is InChI=1S/C18H23N5O3/c19-17(25)13-7-10-23(11-8-13)12-16(24)20-9-6-15-21-18(26-22-15)14-4-2-1-3-5-14/h1-5,13H,6-12H2,(H2,19,25)(H,20,24). The van der Waals surface area contributed by atoms with Crippen molar-refractivity contribution >= 4 is 11.8 Å². The highest BCUT2D eigenvalue weighted by atomic mass is 16.5. The Bertz CT molecular complexity index is 738. The number of nitrogens with one attached hydrogen (secondary N) is 1. The first-order chi connectivity index (χ1) is 12.6. The zero-order valence-electron chi connectivity index (χ0n) is 14.6. The van der Waals surface area contributed by atoms with Gasteiger partial charge in [0.15, 0.2) is 5.82 Å². The van der Waals surface area contributed by atoms with E-state index in [0.29, 0.717) is 57.2 Å². The van der Waals surface area contributed by atoms with Crippen LogP contribution in [0, 0.1) is 5.92 Å². The van der Waals surface area contributed by atoms with Gasteiger partial charge in [-0.3, -0.25) is 14.5 Å². The van der Waals surface area contributed by atoms with E-state index in [1.54, 1.807) is 0 Å². The molecule has 1 saturated heterocycles. The molecule has 0 aliphatic carbocycles. The predicted molar refractivity (Wildman–Crippen MR) is 94.8 cm³/mol. The van der Waals surface area contributed by atoms with Crippen LogP contribution in [0.25, 0.3) is 11.5 Å². The molecule has 2 aromatic rings. The summed E-state index contributed by atoms with van der Waals surface area (Å²) in [6, 6.07) is 9.55. The highest BCUT2D eigenvalue weighted by Crippen LogP contribution is 2.17. The molecular weight excluding hydrogens is 334 g/mol. The zero-order chi connectivity index (χ0) is 18.4. The van der Waals surface area contributed by atoms with E-state index in [1.165, 1.54) is 0 Å². The maximum atomic E-state index is 12.0. The molecule has 1 aromatic heterocycles. The lowest BCUT2D eigenvalue weighted by atomic mass is 9.96. The molecule has 1 aliphatic rings. The van der Waals surface area contributed by atoms with Crippen molar-refractivity contribution in [3.63, 3.8) is 0 Å². The van der Waals surface area contributed by atoms with Crippen molar-refractivity contribution in [3.8, 4) is 11.5 Å². The number of piperidine rings is 1. The van der Waals surface area contributed by atoms with Gasteiger partial charge in [-0.15, -0.1) is 0 Å². The SMILES string of the molecule is NC(=O)C1CCN(CC(=O)NCCc2noc(-c3ccccc3)n2)CC1. The smallest absolute Gasteiger partial charge is 0.257 e. The van der Waals surface area contributed by atoms with Gasteiger partial charge in [0, 0.05) is 24.4 Å². The Labute approximate surface area is 151 Å². The summed E-state index contributed by atoms with van der Waals surface area (Å²) in [6.45, 7) is 2.20. The number of primary amides is 1. The minimum absolute atomic E-state index is 0.0469. The molecule has 2 amide bonds. The second-order valence-electron chi connectivity index (χ2n) is 6.43. The normalized spacial score (nSPS) is 15.7. The van der Waals surface area contributed by atoms with Crippen LogP contribution < -0.4 is 11.1 Å². The predicted octanol–water partition coefficient (Wildman–Crippen LogP) is 0.593. The Morgan fingerprint density at radius 3 is 2.65 bits per heavy atom. The number of benzene rings is 1. The number of hydrogen-bond donors (Lipinski definition) is 2. The van der Waals surface area contributed by atoms with Crippen molar-refractivity contribution in [3.05, 3.63) is 36.2 Å². The number of nitrogens with zero attached hydrogens (tertiary/aromatic N) is 3. The van der Waals surface area contributed by atoms with Crippen molar-refractivity contribution in [2.75, 3.05) is 26.2 Å². The largest absolute Gasteiger partial charge is 0.369 e. The molecule has 0 unspecified atom stereocenters. The summed E-state index contributed by atoms with van der Waals surface area (Å²) < 4.78 is 5.24. The van der Waals surface area contributed by atoms with Crippen molar-refractivity contribution in [2.24, 2.45) is 11.7 Å². The summed E-state index contributed by atoms with van der Waals surface area (Å²) >= 11 is 0. The first-order valence-electron chi connectivity index (χ1n) is 8.78. The van der Waals surface area contributed by atoms with Crippen LogP contribution in [0.15, 0.2) is 34.9 Å². The molecule has 3 N–H and O–H groups in total. The molecule has 138 valence electrons. The molecule has 2 heterocycles. The van der Waals surface area contributed by atoms with Gasteiger partial charge in [-0.05, 0) is 38.1 Å². The Morgan fingerprint density at radius 1 is 1.23 bits per heavy atom. The van der Waals surface area contributed by atoms with E-state index < -0.39 is 0 Å². The molecule has 0 spiro atoms. The average molecular weight is 357 g/mol.